The van der Waals surface area contributed by atoms with Crippen LogP contribution in [0.15, 0.2) is 39.6 Å². The van der Waals surface area contributed by atoms with E-state index in [9.17, 15) is 18.8 Å². The molecular formula is C23H24FN3O4S2. The van der Waals surface area contributed by atoms with Gasteiger partial charge in [-0.05, 0) is 44.4 Å². The topological polar surface area (TPSA) is 92.4 Å². The molecule has 0 bridgehead atoms. The normalized spacial score (nSPS) is 15.5. The van der Waals surface area contributed by atoms with Crippen LogP contribution >= 0.6 is 23.1 Å². The smallest absolute Gasteiger partial charge is 0.309 e. The summed E-state index contributed by atoms with van der Waals surface area (Å²) in [5, 5.41) is 2.22. The van der Waals surface area contributed by atoms with Gasteiger partial charge in [0.05, 0.1) is 23.2 Å². The number of nitrogens with zero attached hydrogens (tertiary/aromatic N) is 2. The first-order chi connectivity index (χ1) is 15.9. The average Bonchev–Trinajstić information content (AvgIpc) is 3.24. The van der Waals surface area contributed by atoms with Crippen LogP contribution in [0, 0.1) is 11.7 Å². The van der Waals surface area contributed by atoms with E-state index in [1.165, 1.54) is 35.2 Å². The molecule has 1 N–H and O–H groups in total. The van der Waals surface area contributed by atoms with Crippen molar-refractivity contribution >= 4 is 45.2 Å². The zero-order valence-corrected chi connectivity index (χ0v) is 19.9. The Labute approximate surface area is 198 Å². The number of fused-ring (bicyclic) bond motifs is 1. The fourth-order valence-corrected chi connectivity index (χ4v) is 5.78. The van der Waals surface area contributed by atoms with E-state index >= 15 is 0 Å². The number of ether oxygens (including phenoxy) is 1. The first-order valence-electron chi connectivity index (χ1n) is 10.8. The number of benzene rings is 1. The summed E-state index contributed by atoms with van der Waals surface area (Å²) in [5.74, 6) is -0.749. The molecule has 4 rings (SSSR count). The number of H-pyrrole nitrogens is 1. The number of rotatable bonds is 6. The molecule has 1 amide bonds. The average molecular weight is 490 g/mol. The van der Waals surface area contributed by atoms with Crippen molar-refractivity contribution in [2.45, 2.75) is 37.1 Å². The molecule has 1 aliphatic heterocycles. The SMILES string of the molecule is CCOC(=O)C1CCN(C(=O)C(C)Sc2nc3scc(-c4ccc(F)cc4)c3c(=O)[nH]2)CC1. The molecule has 3 heterocycles. The van der Waals surface area contributed by atoms with Gasteiger partial charge in [-0.2, -0.15) is 0 Å². The lowest BCUT2D eigenvalue weighted by atomic mass is 9.97. The van der Waals surface area contributed by atoms with Gasteiger partial charge >= 0.3 is 5.97 Å². The van der Waals surface area contributed by atoms with Crippen molar-refractivity contribution in [2.24, 2.45) is 5.92 Å². The minimum atomic E-state index is -0.443. The molecule has 0 aliphatic carbocycles. The van der Waals surface area contributed by atoms with Crippen LogP contribution in [0.5, 0.6) is 0 Å². The number of esters is 1. The number of carbonyl (C=O) groups is 2. The molecule has 10 heteroatoms. The Morgan fingerprint density at radius 3 is 2.67 bits per heavy atom. The van der Waals surface area contributed by atoms with Crippen molar-refractivity contribution < 1.29 is 18.7 Å². The zero-order valence-electron chi connectivity index (χ0n) is 18.3. The molecule has 7 nitrogen and oxygen atoms in total. The van der Waals surface area contributed by atoms with Gasteiger partial charge in [-0.15, -0.1) is 11.3 Å². The summed E-state index contributed by atoms with van der Waals surface area (Å²) >= 11 is 2.54. The number of piperidine rings is 1. The Bertz CT molecular complexity index is 1220. The second-order valence-corrected chi connectivity index (χ2v) is 10.0. The fourth-order valence-electron chi connectivity index (χ4n) is 3.90. The van der Waals surface area contributed by atoms with E-state index in [0.717, 1.165) is 5.56 Å². The first kappa shape index (κ1) is 23.4. The number of thiophene rings is 1. The molecular weight excluding hydrogens is 465 g/mol. The van der Waals surface area contributed by atoms with Gasteiger partial charge in [0.1, 0.15) is 10.6 Å². The largest absolute Gasteiger partial charge is 0.466 e. The molecule has 1 aliphatic rings. The highest BCUT2D eigenvalue weighted by atomic mass is 32.2. The van der Waals surface area contributed by atoms with E-state index in [2.05, 4.69) is 9.97 Å². The number of halogens is 1. The van der Waals surface area contributed by atoms with Gasteiger partial charge in [-0.25, -0.2) is 9.37 Å². The second kappa shape index (κ2) is 10.0. The summed E-state index contributed by atoms with van der Waals surface area (Å²) in [5.41, 5.74) is 1.15. The maximum atomic E-state index is 13.2. The van der Waals surface area contributed by atoms with E-state index in [1.807, 2.05) is 5.38 Å². The summed E-state index contributed by atoms with van der Waals surface area (Å²) in [7, 11) is 0. The highest BCUT2D eigenvalue weighted by Gasteiger charge is 2.30. The lowest BCUT2D eigenvalue weighted by molar-refractivity contribution is -0.151. The fraction of sp³-hybridized carbons (Fsp3) is 0.391. The Morgan fingerprint density at radius 1 is 1.30 bits per heavy atom. The van der Waals surface area contributed by atoms with Crippen molar-refractivity contribution in [1.29, 1.82) is 0 Å². The van der Waals surface area contributed by atoms with Crippen LogP contribution in [0.2, 0.25) is 0 Å². The standard InChI is InChI=1S/C23H24FN3O4S2/c1-3-31-22(30)15-8-10-27(11-9-15)21(29)13(2)33-23-25-19(28)18-17(12-32-20(18)26-23)14-4-6-16(24)7-5-14/h4-7,12-13,15H,3,8-11H2,1-2H3,(H,25,26,28). The second-order valence-electron chi connectivity index (χ2n) is 7.82. The highest BCUT2D eigenvalue weighted by Crippen LogP contribution is 2.32. The predicted octanol–water partition coefficient (Wildman–Crippen LogP) is 4.07. The molecule has 1 aromatic carbocycles. The molecule has 33 heavy (non-hydrogen) atoms. The van der Waals surface area contributed by atoms with E-state index in [4.69, 9.17) is 4.74 Å². The van der Waals surface area contributed by atoms with Gasteiger partial charge < -0.3 is 14.6 Å². The summed E-state index contributed by atoms with van der Waals surface area (Å²) < 4.78 is 18.3. The first-order valence-corrected chi connectivity index (χ1v) is 12.5. The number of nitrogens with one attached hydrogen (secondary N) is 1. The molecule has 1 atom stereocenters. The highest BCUT2D eigenvalue weighted by molar-refractivity contribution is 8.00. The lowest BCUT2D eigenvalue weighted by Crippen LogP contribution is -2.43. The van der Waals surface area contributed by atoms with Crippen LogP contribution in [0.1, 0.15) is 26.7 Å². The number of likely N-dealkylation sites (tertiary alicyclic amines) is 1. The molecule has 1 saturated heterocycles. The molecule has 0 spiro atoms. The van der Waals surface area contributed by atoms with Gasteiger partial charge in [0, 0.05) is 24.0 Å². The van der Waals surface area contributed by atoms with Gasteiger partial charge in [-0.1, -0.05) is 23.9 Å². The van der Waals surface area contributed by atoms with Crippen LogP contribution in [0.25, 0.3) is 21.3 Å². The molecule has 0 radical (unpaired) electrons. The Balaban J connectivity index is 1.44. The van der Waals surface area contributed by atoms with Crippen molar-refractivity contribution in [3.63, 3.8) is 0 Å². The van der Waals surface area contributed by atoms with E-state index in [0.29, 0.717) is 53.5 Å². The van der Waals surface area contributed by atoms with Crippen molar-refractivity contribution in [3.05, 3.63) is 45.8 Å². The van der Waals surface area contributed by atoms with E-state index in [-0.39, 0.29) is 29.2 Å². The molecule has 174 valence electrons. The number of thioether (sulfide) groups is 1. The summed E-state index contributed by atoms with van der Waals surface area (Å²) in [6, 6.07) is 5.97. The molecule has 0 saturated carbocycles. The van der Waals surface area contributed by atoms with Crippen LogP contribution in [-0.4, -0.2) is 51.7 Å². The molecule has 3 aromatic rings. The lowest BCUT2D eigenvalue weighted by Gasteiger charge is -2.32. The van der Waals surface area contributed by atoms with Crippen molar-refractivity contribution in [3.8, 4) is 11.1 Å². The third-order valence-corrected chi connectivity index (χ3v) is 7.48. The Hall–Kier alpha value is -2.72. The molecule has 1 unspecified atom stereocenters. The monoisotopic (exact) mass is 489 g/mol. The number of aromatic nitrogens is 2. The number of amides is 1. The van der Waals surface area contributed by atoms with Crippen LogP contribution in [-0.2, 0) is 14.3 Å². The number of carbonyl (C=O) groups excluding carboxylic acids is 2. The summed E-state index contributed by atoms with van der Waals surface area (Å²) in [4.78, 5) is 47.3. The van der Waals surface area contributed by atoms with E-state index in [1.54, 1.807) is 30.9 Å². The number of hydrogen-bond donors (Lipinski definition) is 1. The quantitative estimate of drug-likeness (QED) is 0.319. The van der Waals surface area contributed by atoms with Crippen molar-refractivity contribution in [1.82, 2.24) is 14.9 Å². The number of aromatic amines is 1. The van der Waals surface area contributed by atoms with Gasteiger partial charge in [-0.3, -0.25) is 14.4 Å². The van der Waals surface area contributed by atoms with Gasteiger partial charge in [0.25, 0.3) is 5.56 Å². The Morgan fingerprint density at radius 2 is 2.00 bits per heavy atom. The summed E-state index contributed by atoms with van der Waals surface area (Å²) in [6.45, 7) is 4.93. The molecule has 1 fully saturated rings. The maximum Gasteiger partial charge on any atom is 0.309 e. The third-order valence-electron chi connectivity index (χ3n) is 5.64. The minimum absolute atomic E-state index is 0.0526. The van der Waals surface area contributed by atoms with E-state index < -0.39 is 5.25 Å². The third kappa shape index (κ3) is 5.11. The van der Waals surface area contributed by atoms with Crippen LogP contribution in [0.3, 0.4) is 0 Å². The minimum Gasteiger partial charge on any atom is -0.466 e. The predicted molar refractivity (Wildman–Crippen MR) is 127 cm³/mol. The summed E-state index contributed by atoms with van der Waals surface area (Å²) in [6.07, 6.45) is 1.18. The van der Waals surface area contributed by atoms with Crippen LogP contribution in [0.4, 0.5) is 4.39 Å². The Kier molecular flexibility index (Phi) is 7.14. The van der Waals surface area contributed by atoms with Crippen molar-refractivity contribution in [2.75, 3.05) is 19.7 Å². The van der Waals surface area contributed by atoms with Crippen LogP contribution < -0.4 is 5.56 Å². The maximum absolute atomic E-state index is 13.2. The van der Waals surface area contributed by atoms with Gasteiger partial charge in [0.15, 0.2) is 5.16 Å². The zero-order chi connectivity index (χ0) is 23.5. The van der Waals surface area contributed by atoms with Gasteiger partial charge in [0.2, 0.25) is 5.91 Å². The number of hydrogen-bond acceptors (Lipinski definition) is 7. The molecule has 2 aromatic heterocycles.